The van der Waals surface area contributed by atoms with Gasteiger partial charge in [-0.05, 0) is 12.8 Å². The van der Waals surface area contributed by atoms with E-state index in [4.69, 9.17) is 9.47 Å². The minimum atomic E-state index is -0.162. The Balaban J connectivity index is 3.56. The van der Waals surface area contributed by atoms with Crippen molar-refractivity contribution in [1.29, 1.82) is 0 Å². The number of carbonyl (C=O) groups is 1. The molecule has 0 bridgehead atoms. The number of hydrogen-bond donors (Lipinski definition) is 0. The van der Waals surface area contributed by atoms with E-state index in [1.54, 1.807) is 6.92 Å². The summed E-state index contributed by atoms with van der Waals surface area (Å²) in [5, 5.41) is 0. The van der Waals surface area contributed by atoms with Gasteiger partial charge in [0.2, 0.25) is 0 Å². The first kappa shape index (κ1) is 12.4. The first-order valence-corrected chi connectivity index (χ1v) is 4.81. The molecule has 3 nitrogen and oxygen atoms in total. The number of esters is 1. The highest BCUT2D eigenvalue weighted by molar-refractivity contribution is 5.69. The Bertz CT molecular complexity index is 134. The summed E-state index contributed by atoms with van der Waals surface area (Å²) < 4.78 is 10.4. The third-order valence-corrected chi connectivity index (χ3v) is 1.63. The van der Waals surface area contributed by atoms with Crippen LogP contribution >= 0.6 is 0 Å². The quantitative estimate of drug-likeness (QED) is 0.451. The van der Waals surface area contributed by atoms with Crippen LogP contribution in [-0.4, -0.2) is 25.3 Å². The smallest absolute Gasteiger partial charge is 0.305 e. The largest absolute Gasteiger partial charge is 0.460 e. The minimum Gasteiger partial charge on any atom is -0.460 e. The standard InChI is InChI=1S/C10H19O3/c1-4-7-12-8-9(5-2)13-10(11)6-3/h9H,1,4-8H2,2-3H3. The van der Waals surface area contributed by atoms with Crippen molar-refractivity contribution < 1.29 is 14.3 Å². The topological polar surface area (TPSA) is 35.5 Å². The van der Waals surface area contributed by atoms with Gasteiger partial charge in [-0.3, -0.25) is 4.79 Å². The van der Waals surface area contributed by atoms with E-state index in [1.807, 2.05) is 6.92 Å². The lowest BCUT2D eigenvalue weighted by Crippen LogP contribution is -2.22. The molecule has 0 heterocycles. The highest BCUT2D eigenvalue weighted by atomic mass is 16.6. The molecule has 77 valence electrons. The summed E-state index contributed by atoms with van der Waals surface area (Å²) in [5.41, 5.74) is 0. The van der Waals surface area contributed by atoms with E-state index in [0.29, 0.717) is 19.6 Å². The molecule has 0 amide bonds. The maximum Gasteiger partial charge on any atom is 0.305 e. The molecule has 0 fully saturated rings. The Kier molecular flexibility index (Phi) is 7.69. The van der Waals surface area contributed by atoms with Gasteiger partial charge >= 0.3 is 5.97 Å². The third kappa shape index (κ3) is 6.58. The summed E-state index contributed by atoms with van der Waals surface area (Å²) in [6, 6.07) is 0. The molecule has 0 aromatic carbocycles. The molecule has 0 spiro atoms. The predicted molar refractivity (Wildman–Crippen MR) is 51.3 cm³/mol. The summed E-state index contributed by atoms with van der Waals surface area (Å²) in [6.45, 7) is 8.52. The molecule has 0 aromatic rings. The van der Waals surface area contributed by atoms with Crippen molar-refractivity contribution in [2.24, 2.45) is 0 Å². The van der Waals surface area contributed by atoms with Gasteiger partial charge in [0.05, 0.1) is 6.61 Å². The van der Waals surface area contributed by atoms with Crippen LogP contribution in [0.15, 0.2) is 0 Å². The van der Waals surface area contributed by atoms with E-state index < -0.39 is 0 Å². The molecule has 13 heavy (non-hydrogen) atoms. The molecule has 0 aliphatic rings. The van der Waals surface area contributed by atoms with Gasteiger partial charge < -0.3 is 9.47 Å². The van der Waals surface area contributed by atoms with E-state index in [0.717, 1.165) is 12.8 Å². The van der Waals surface area contributed by atoms with Gasteiger partial charge in [-0.1, -0.05) is 20.8 Å². The first-order valence-electron chi connectivity index (χ1n) is 4.81. The number of ether oxygens (including phenoxy) is 2. The van der Waals surface area contributed by atoms with Crippen molar-refractivity contribution in [3.05, 3.63) is 6.92 Å². The first-order chi connectivity index (χ1) is 6.24. The molecule has 0 rings (SSSR count). The Morgan fingerprint density at radius 3 is 2.62 bits per heavy atom. The van der Waals surface area contributed by atoms with Crippen LogP contribution in [0.4, 0.5) is 0 Å². The SMILES string of the molecule is [CH2]CCOCC(CC)OC(=O)CC. The van der Waals surface area contributed by atoms with Gasteiger partial charge in [0.25, 0.3) is 0 Å². The van der Waals surface area contributed by atoms with Crippen LogP contribution < -0.4 is 0 Å². The fourth-order valence-corrected chi connectivity index (χ4v) is 0.821. The molecule has 0 saturated heterocycles. The van der Waals surface area contributed by atoms with Crippen LogP contribution in [0.25, 0.3) is 0 Å². The zero-order chi connectivity index (χ0) is 10.1. The van der Waals surface area contributed by atoms with Crippen molar-refractivity contribution >= 4 is 5.97 Å². The fraction of sp³-hybridized carbons (Fsp3) is 0.800. The van der Waals surface area contributed by atoms with Crippen molar-refractivity contribution in [2.75, 3.05) is 13.2 Å². The molecule has 0 N–H and O–H groups in total. The molecule has 1 unspecified atom stereocenters. The lowest BCUT2D eigenvalue weighted by atomic mass is 10.3. The number of carbonyl (C=O) groups excluding carboxylic acids is 1. The Morgan fingerprint density at radius 1 is 1.46 bits per heavy atom. The Labute approximate surface area is 80.4 Å². The highest BCUT2D eigenvalue weighted by Crippen LogP contribution is 2.01. The van der Waals surface area contributed by atoms with Crippen LogP contribution in [-0.2, 0) is 14.3 Å². The molecular weight excluding hydrogens is 168 g/mol. The van der Waals surface area contributed by atoms with Crippen LogP contribution in [0, 0.1) is 6.92 Å². The average molecular weight is 187 g/mol. The normalized spacial score (nSPS) is 12.5. The fourth-order valence-electron chi connectivity index (χ4n) is 0.821. The minimum absolute atomic E-state index is 0.0981. The van der Waals surface area contributed by atoms with E-state index in [1.165, 1.54) is 0 Å². The number of rotatable bonds is 7. The van der Waals surface area contributed by atoms with Gasteiger partial charge in [0.1, 0.15) is 6.10 Å². The lowest BCUT2D eigenvalue weighted by molar-refractivity contribution is -0.151. The monoisotopic (exact) mass is 187 g/mol. The zero-order valence-corrected chi connectivity index (χ0v) is 8.54. The van der Waals surface area contributed by atoms with Crippen molar-refractivity contribution in [1.82, 2.24) is 0 Å². The molecule has 1 radical (unpaired) electrons. The van der Waals surface area contributed by atoms with Crippen molar-refractivity contribution in [2.45, 2.75) is 39.2 Å². The maximum absolute atomic E-state index is 10.9. The molecule has 0 saturated carbocycles. The van der Waals surface area contributed by atoms with E-state index in [-0.39, 0.29) is 12.1 Å². The molecule has 0 aliphatic heterocycles. The van der Waals surface area contributed by atoms with E-state index in [9.17, 15) is 4.79 Å². The Morgan fingerprint density at radius 2 is 2.15 bits per heavy atom. The summed E-state index contributed by atoms with van der Waals surface area (Å²) in [4.78, 5) is 10.9. The second-order valence-corrected chi connectivity index (χ2v) is 2.80. The summed E-state index contributed by atoms with van der Waals surface area (Å²) in [5.74, 6) is -0.162. The second kappa shape index (κ2) is 8.05. The average Bonchev–Trinajstić information content (AvgIpc) is 2.16. The Hall–Kier alpha value is -0.570. The zero-order valence-electron chi connectivity index (χ0n) is 8.54. The van der Waals surface area contributed by atoms with Crippen molar-refractivity contribution in [3.63, 3.8) is 0 Å². The van der Waals surface area contributed by atoms with Crippen LogP contribution in [0.3, 0.4) is 0 Å². The molecule has 0 aromatic heterocycles. The number of hydrogen-bond acceptors (Lipinski definition) is 3. The van der Waals surface area contributed by atoms with Gasteiger partial charge in [0, 0.05) is 13.0 Å². The van der Waals surface area contributed by atoms with Gasteiger partial charge in [0.15, 0.2) is 0 Å². The highest BCUT2D eigenvalue weighted by Gasteiger charge is 2.10. The van der Waals surface area contributed by atoms with Gasteiger partial charge in [-0.15, -0.1) is 0 Å². The van der Waals surface area contributed by atoms with E-state index >= 15 is 0 Å². The molecule has 1 atom stereocenters. The van der Waals surface area contributed by atoms with Crippen LogP contribution in [0.5, 0.6) is 0 Å². The maximum atomic E-state index is 10.9. The summed E-state index contributed by atoms with van der Waals surface area (Å²) >= 11 is 0. The summed E-state index contributed by atoms with van der Waals surface area (Å²) in [7, 11) is 0. The molecular formula is C10H19O3. The van der Waals surface area contributed by atoms with Crippen LogP contribution in [0.1, 0.15) is 33.1 Å². The second-order valence-electron chi connectivity index (χ2n) is 2.80. The summed E-state index contributed by atoms with van der Waals surface area (Å²) in [6.07, 6.45) is 1.87. The predicted octanol–water partition coefficient (Wildman–Crippen LogP) is 1.96. The van der Waals surface area contributed by atoms with Crippen molar-refractivity contribution in [3.8, 4) is 0 Å². The molecule has 3 heteroatoms. The van der Waals surface area contributed by atoms with E-state index in [2.05, 4.69) is 6.92 Å². The van der Waals surface area contributed by atoms with Gasteiger partial charge in [-0.25, -0.2) is 0 Å². The van der Waals surface area contributed by atoms with Crippen LogP contribution in [0.2, 0.25) is 0 Å². The molecule has 0 aliphatic carbocycles. The third-order valence-electron chi connectivity index (χ3n) is 1.63. The van der Waals surface area contributed by atoms with Gasteiger partial charge in [-0.2, -0.15) is 0 Å². The lowest BCUT2D eigenvalue weighted by Gasteiger charge is -2.15.